The fraction of sp³-hybridized carbons (Fsp3) is 0.450. The Labute approximate surface area is 153 Å². The van der Waals surface area contributed by atoms with Gasteiger partial charge >= 0.3 is 0 Å². The van der Waals surface area contributed by atoms with Gasteiger partial charge in [0.1, 0.15) is 5.75 Å². The Morgan fingerprint density at radius 2 is 2.24 bits per heavy atom. The number of hydrogen-bond acceptors (Lipinski definition) is 4. The third kappa shape index (κ3) is 3.72. The third-order valence-electron chi connectivity index (χ3n) is 5.05. The summed E-state index contributed by atoms with van der Waals surface area (Å²) in [5.74, 6) is 1.08. The van der Waals surface area contributed by atoms with Gasteiger partial charge in [-0.3, -0.25) is 9.69 Å². The minimum absolute atomic E-state index is 0.217. The highest BCUT2D eigenvalue weighted by atomic mass is 32.1. The zero-order valence-corrected chi connectivity index (χ0v) is 15.4. The summed E-state index contributed by atoms with van der Waals surface area (Å²) in [6.07, 6.45) is 4.46. The average molecular weight is 356 g/mol. The van der Waals surface area contributed by atoms with Crippen molar-refractivity contribution in [3.8, 4) is 5.75 Å². The minimum Gasteiger partial charge on any atom is -0.497 e. The van der Waals surface area contributed by atoms with Crippen LogP contribution in [0.15, 0.2) is 35.7 Å². The molecule has 0 atom stereocenters. The molecule has 1 amide bonds. The van der Waals surface area contributed by atoms with E-state index in [1.165, 1.54) is 23.3 Å². The number of fused-ring (bicyclic) bond motifs is 1. The van der Waals surface area contributed by atoms with Gasteiger partial charge in [0, 0.05) is 29.7 Å². The molecule has 1 saturated carbocycles. The van der Waals surface area contributed by atoms with Crippen molar-refractivity contribution >= 4 is 22.9 Å². The van der Waals surface area contributed by atoms with Gasteiger partial charge in [-0.1, -0.05) is 6.07 Å². The zero-order valence-electron chi connectivity index (χ0n) is 14.6. The predicted octanol–water partition coefficient (Wildman–Crippen LogP) is 3.70. The van der Waals surface area contributed by atoms with Crippen molar-refractivity contribution in [2.75, 3.05) is 25.1 Å². The van der Waals surface area contributed by atoms with Gasteiger partial charge < -0.3 is 9.64 Å². The van der Waals surface area contributed by atoms with Gasteiger partial charge in [-0.2, -0.15) is 0 Å². The van der Waals surface area contributed by atoms with E-state index in [9.17, 15) is 4.79 Å². The second-order valence-corrected chi connectivity index (χ2v) is 7.89. The Bertz CT molecular complexity index is 740. The molecule has 2 heterocycles. The number of amides is 1. The highest BCUT2D eigenvalue weighted by Crippen LogP contribution is 2.32. The molecule has 1 aromatic heterocycles. The molecule has 4 rings (SSSR count). The van der Waals surface area contributed by atoms with E-state index in [2.05, 4.69) is 28.5 Å². The molecule has 0 saturated heterocycles. The number of hydrogen-bond donors (Lipinski definition) is 0. The Balaban J connectivity index is 1.49. The van der Waals surface area contributed by atoms with Gasteiger partial charge in [-0.15, -0.1) is 11.3 Å². The van der Waals surface area contributed by atoms with Crippen LogP contribution in [-0.2, 0) is 17.8 Å². The lowest BCUT2D eigenvalue weighted by Crippen LogP contribution is -2.43. The zero-order chi connectivity index (χ0) is 17.2. The highest BCUT2D eigenvalue weighted by molar-refractivity contribution is 7.09. The molecule has 5 heteroatoms. The lowest BCUT2D eigenvalue weighted by Gasteiger charge is -2.32. The highest BCUT2D eigenvalue weighted by Gasteiger charge is 2.32. The van der Waals surface area contributed by atoms with E-state index in [0.717, 1.165) is 37.4 Å². The maximum Gasteiger partial charge on any atom is 0.241 e. The van der Waals surface area contributed by atoms with Crippen molar-refractivity contribution in [1.82, 2.24) is 4.90 Å². The first kappa shape index (κ1) is 16.6. The van der Waals surface area contributed by atoms with Gasteiger partial charge in [0.15, 0.2) is 0 Å². The van der Waals surface area contributed by atoms with Crippen molar-refractivity contribution in [2.24, 2.45) is 0 Å². The van der Waals surface area contributed by atoms with Gasteiger partial charge in [-0.05, 0) is 60.9 Å². The van der Waals surface area contributed by atoms with Gasteiger partial charge in [0.2, 0.25) is 5.91 Å². The SMILES string of the molecule is COc1ccc2c(c1)CCCN2C(=O)CN(Cc1cccs1)C1CC1. The van der Waals surface area contributed by atoms with Crippen LogP contribution in [0.2, 0.25) is 0 Å². The average Bonchev–Trinajstić information content (AvgIpc) is 3.37. The van der Waals surface area contributed by atoms with Crippen LogP contribution in [0.3, 0.4) is 0 Å². The number of carbonyl (C=O) groups is 1. The Kier molecular flexibility index (Phi) is 4.77. The van der Waals surface area contributed by atoms with Crippen LogP contribution in [0.25, 0.3) is 0 Å². The summed E-state index contributed by atoms with van der Waals surface area (Å²) in [5, 5.41) is 2.11. The maximum absolute atomic E-state index is 13.0. The lowest BCUT2D eigenvalue weighted by molar-refractivity contribution is -0.120. The van der Waals surface area contributed by atoms with Gasteiger partial charge in [0.05, 0.1) is 13.7 Å². The second-order valence-electron chi connectivity index (χ2n) is 6.86. The Morgan fingerprint density at radius 1 is 1.36 bits per heavy atom. The molecule has 4 nitrogen and oxygen atoms in total. The molecule has 0 N–H and O–H groups in total. The summed E-state index contributed by atoms with van der Waals surface area (Å²) < 4.78 is 5.33. The van der Waals surface area contributed by atoms with Crippen LogP contribution in [0.4, 0.5) is 5.69 Å². The normalized spacial score (nSPS) is 16.8. The monoisotopic (exact) mass is 356 g/mol. The number of nitrogens with zero attached hydrogens (tertiary/aromatic N) is 2. The van der Waals surface area contributed by atoms with E-state index < -0.39 is 0 Å². The number of rotatable bonds is 6. The van der Waals surface area contributed by atoms with Crippen molar-refractivity contribution in [2.45, 2.75) is 38.3 Å². The van der Waals surface area contributed by atoms with Crippen molar-refractivity contribution in [3.05, 3.63) is 46.2 Å². The minimum atomic E-state index is 0.217. The van der Waals surface area contributed by atoms with Gasteiger partial charge in [0.25, 0.3) is 0 Å². The molecular weight excluding hydrogens is 332 g/mol. The van der Waals surface area contributed by atoms with Crippen molar-refractivity contribution in [3.63, 3.8) is 0 Å². The number of carbonyl (C=O) groups excluding carboxylic acids is 1. The number of thiophene rings is 1. The molecule has 25 heavy (non-hydrogen) atoms. The van der Waals surface area contributed by atoms with E-state index in [4.69, 9.17) is 4.74 Å². The molecule has 0 bridgehead atoms. The quantitative estimate of drug-likeness (QED) is 0.791. The van der Waals surface area contributed by atoms with E-state index >= 15 is 0 Å². The van der Waals surface area contributed by atoms with E-state index in [1.807, 2.05) is 17.0 Å². The van der Waals surface area contributed by atoms with Crippen LogP contribution in [0.1, 0.15) is 29.7 Å². The van der Waals surface area contributed by atoms with Crippen LogP contribution in [0.5, 0.6) is 5.75 Å². The molecule has 1 fully saturated rings. The molecule has 1 aliphatic heterocycles. The number of aryl methyl sites for hydroxylation is 1. The summed E-state index contributed by atoms with van der Waals surface area (Å²) in [6, 6.07) is 10.9. The number of ether oxygens (including phenoxy) is 1. The summed E-state index contributed by atoms with van der Waals surface area (Å²) in [7, 11) is 1.69. The first-order valence-corrected chi connectivity index (χ1v) is 9.86. The molecule has 0 unspecified atom stereocenters. The topological polar surface area (TPSA) is 32.8 Å². The van der Waals surface area contributed by atoms with E-state index in [-0.39, 0.29) is 5.91 Å². The Hall–Kier alpha value is -1.85. The molecule has 2 aliphatic rings. The summed E-state index contributed by atoms with van der Waals surface area (Å²) in [4.78, 5) is 18.7. The second kappa shape index (κ2) is 7.18. The summed E-state index contributed by atoms with van der Waals surface area (Å²) in [5.41, 5.74) is 2.28. The van der Waals surface area contributed by atoms with Crippen LogP contribution in [-0.4, -0.2) is 37.0 Å². The molecule has 0 radical (unpaired) electrons. The molecule has 0 spiro atoms. The maximum atomic E-state index is 13.0. The fourth-order valence-corrected chi connectivity index (χ4v) is 4.30. The van der Waals surface area contributed by atoms with E-state index in [1.54, 1.807) is 18.4 Å². The molecule has 132 valence electrons. The van der Waals surface area contributed by atoms with Crippen molar-refractivity contribution in [1.29, 1.82) is 0 Å². The van der Waals surface area contributed by atoms with Crippen LogP contribution >= 0.6 is 11.3 Å². The lowest BCUT2D eigenvalue weighted by atomic mass is 10.0. The van der Waals surface area contributed by atoms with Gasteiger partial charge in [-0.25, -0.2) is 0 Å². The summed E-state index contributed by atoms with van der Waals surface area (Å²) in [6.45, 7) is 2.21. The third-order valence-corrected chi connectivity index (χ3v) is 5.91. The summed E-state index contributed by atoms with van der Waals surface area (Å²) >= 11 is 1.77. The fourth-order valence-electron chi connectivity index (χ4n) is 3.58. The standard InChI is InChI=1S/C20H24N2O2S/c1-24-17-8-9-19-15(12-17)4-2-10-22(19)20(23)14-21(16-6-7-16)13-18-5-3-11-25-18/h3,5,8-9,11-12,16H,2,4,6-7,10,13-14H2,1H3. The van der Waals surface area contributed by atoms with E-state index in [0.29, 0.717) is 12.6 Å². The number of benzene rings is 1. The number of methoxy groups -OCH3 is 1. The first-order valence-electron chi connectivity index (χ1n) is 8.98. The van der Waals surface area contributed by atoms with Crippen LogP contribution in [0, 0.1) is 0 Å². The molecule has 2 aromatic rings. The smallest absolute Gasteiger partial charge is 0.241 e. The molecule has 1 aliphatic carbocycles. The number of anilines is 1. The van der Waals surface area contributed by atoms with Crippen LogP contribution < -0.4 is 9.64 Å². The molecule has 1 aromatic carbocycles. The molecular formula is C20H24N2O2S. The first-order chi connectivity index (χ1) is 12.2. The predicted molar refractivity (Wildman–Crippen MR) is 101 cm³/mol. The Morgan fingerprint density at radius 3 is 2.96 bits per heavy atom. The van der Waals surface area contributed by atoms with Crippen molar-refractivity contribution < 1.29 is 9.53 Å². The largest absolute Gasteiger partial charge is 0.497 e.